The van der Waals surface area contributed by atoms with Crippen LogP contribution < -0.4 is 0 Å². The maximum Gasteiger partial charge on any atom is 0.309 e. The van der Waals surface area contributed by atoms with Gasteiger partial charge in [-0.05, 0) is 13.3 Å². The summed E-state index contributed by atoms with van der Waals surface area (Å²) < 4.78 is 9.46. The molecule has 0 saturated carbocycles. The molecule has 0 aromatic heterocycles. The summed E-state index contributed by atoms with van der Waals surface area (Å²) in [5, 5.41) is 0. The highest BCUT2D eigenvalue weighted by atomic mass is 16.6. The summed E-state index contributed by atoms with van der Waals surface area (Å²) in [6, 6.07) is 0. The van der Waals surface area contributed by atoms with Crippen molar-refractivity contribution in [3.63, 3.8) is 0 Å². The van der Waals surface area contributed by atoms with Gasteiger partial charge in [0.2, 0.25) is 0 Å². The van der Waals surface area contributed by atoms with Gasteiger partial charge >= 0.3 is 11.9 Å². The van der Waals surface area contributed by atoms with E-state index in [9.17, 15) is 9.59 Å². The Balaban J connectivity index is 2.50. The first-order chi connectivity index (χ1) is 5.56. The molecule has 1 atom stereocenters. The molecule has 68 valence electrons. The molecule has 1 aliphatic heterocycles. The molecular formula is C8H12O4. The standard InChI is InChI=1S/C8H12O4/c1-8(5-7(10)11-2)4-3-6(9)12-8/h3-5H2,1-2H3/t8-/m0/s1. The highest BCUT2D eigenvalue weighted by molar-refractivity contribution is 5.75. The van der Waals surface area contributed by atoms with Crippen molar-refractivity contribution in [3.05, 3.63) is 0 Å². The zero-order valence-corrected chi connectivity index (χ0v) is 7.25. The van der Waals surface area contributed by atoms with Gasteiger partial charge in [-0.2, -0.15) is 0 Å². The molecule has 0 bridgehead atoms. The van der Waals surface area contributed by atoms with Crippen LogP contribution in [-0.4, -0.2) is 24.6 Å². The minimum absolute atomic E-state index is 0.148. The third-order valence-electron chi connectivity index (χ3n) is 1.96. The number of ether oxygens (including phenoxy) is 2. The second kappa shape index (κ2) is 3.13. The first-order valence-electron chi connectivity index (χ1n) is 3.84. The van der Waals surface area contributed by atoms with Gasteiger partial charge in [0.1, 0.15) is 5.60 Å². The lowest BCUT2D eigenvalue weighted by atomic mass is 9.99. The van der Waals surface area contributed by atoms with E-state index in [4.69, 9.17) is 4.74 Å². The molecule has 1 saturated heterocycles. The number of carbonyl (C=O) groups excluding carboxylic acids is 2. The van der Waals surface area contributed by atoms with E-state index >= 15 is 0 Å². The Morgan fingerprint density at radius 2 is 2.42 bits per heavy atom. The Kier molecular flexibility index (Phi) is 2.35. The molecule has 1 fully saturated rings. The molecule has 0 spiro atoms. The quantitative estimate of drug-likeness (QED) is 0.574. The van der Waals surface area contributed by atoms with Gasteiger partial charge in [-0.25, -0.2) is 0 Å². The monoisotopic (exact) mass is 172 g/mol. The maximum atomic E-state index is 10.9. The van der Waals surface area contributed by atoms with Gasteiger partial charge in [-0.3, -0.25) is 9.59 Å². The Bertz CT molecular complexity index is 211. The second-order valence-electron chi connectivity index (χ2n) is 3.18. The maximum absolute atomic E-state index is 10.9. The summed E-state index contributed by atoms with van der Waals surface area (Å²) in [6.45, 7) is 1.74. The molecule has 1 heterocycles. The van der Waals surface area contributed by atoms with Crippen molar-refractivity contribution in [2.45, 2.75) is 31.8 Å². The molecule has 0 amide bonds. The minimum Gasteiger partial charge on any atom is -0.469 e. The first-order valence-corrected chi connectivity index (χ1v) is 3.84. The van der Waals surface area contributed by atoms with Gasteiger partial charge in [0.25, 0.3) is 0 Å². The van der Waals surface area contributed by atoms with Gasteiger partial charge in [0.05, 0.1) is 13.5 Å². The topological polar surface area (TPSA) is 52.6 Å². The van der Waals surface area contributed by atoms with Crippen LogP contribution in [0, 0.1) is 0 Å². The number of esters is 2. The Morgan fingerprint density at radius 3 is 2.83 bits per heavy atom. The highest BCUT2D eigenvalue weighted by Gasteiger charge is 2.37. The summed E-state index contributed by atoms with van der Waals surface area (Å²) >= 11 is 0. The van der Waals surface area contributed by atoms with Gasteiger partial charge in [-0.15, -0.1) is 0 Å². The normalized spacial score (nSPS) is 28.3. The fourth-order valence-corrected chi connectivity index (χ4v) is 1.25. The largest absolute Gasteiger partial charge is 0.469 e. The van der Waals surface area contributed by atoms with Crippen LogP contribution in [0.2, 0.25) is 0 Å². The van der Waals surface area contributed by atoms with E-state index in [-0.39, 0.29) is 18.4 Å². The van der Waals surface area contributed by atoms with Crippen LogP contribution in [0.5, 0.6) is 0 Å². The van der Waals surface area contributed by atoms with E-state index < -0.39 is 5.60 Å². The van der Waals surface area contributed by atoms with Crippen LogP contribution in [0.15, 0.2) is 0 Å². The number of cyclic esters (lactones) is 1. The molecule has 4 nitrogen and oxygen atoms in total. The third-order valence-corrected chi connectivity index (χ3v) is 1.96. The Hall–Kier alpha value is -1.06. The van der Waals surface area contributed by atoms with E-state index in [1.54, 1.807) is 6.92 Å². The van der Waals surface area contributed by atoms with Crippen molar-refractivity contribution in [2.24, 2.45) is 0 Å². The SMILES string of the molecule is COC(=O)C[C@]1(C)CCC(=O)O1. The average Bonchev–Trinajstić information content (AvgIpc) is 2.30. The van der Waals surface area contributed by atoms with Gasteiger partial charge in [-0.1, -0.05) is 0 Å². The second-order valence-corrected chi connectivity index (χ2v) is 3.18. The molecule has 0 radical (unpaired) electrons. The molecule has 1 rings (SSSR count). The van der Waals surface area contributed by atoms with E-state index in [1.807, 2.05) is 0 Å². The summed E-state index contributed by atoms with van der Waals surface area (Å²) in [5.41, 5.74) is -0.635. The van der Waals surface area contributed by atoms with Crippen LogP contribution >= 0.6 is 0 Å². The zero-order valence-electron chi connectivity index (χ0n) is 7.25. The molecule has 0 aromatic carbocycles. The number of carbonyl (C=O) groups is 2. The van der Waals surface area contributed by atoms with Crippen molar-refractivity contribution < 1.29 is 19.1 Å². The van der Waals surface area contributed by atoms with E-state index in [0.717, 1.165) is 0 Å². The van der Waals surface area contributed by atoms with Crippen LogP contribution in [0.25, 0.3) is 0 Å². The lowest BCUT2D eigenvalue weighted by Crippen LogP contribution is -2.28. The van der Waals surface area contributed by atoms with E-state index in [1.165, 1.54) is 7.11 Å². The van der Waals surface area contributed by atoms with Gasteiger partial charge in [0, 0.05) is 6.42 Å². The molecular weight excluding hydrogens is 160 g/mol. The Morgan fingerprint density at radius 1 is 1.75 bits per heavy atom. The third kappa shape index (κ3) is 1.96. The van der Waals surface area contributed by atoms with Crippen LogP contribution in [0.1, 0.15) is 26.2 Å². The molecule has 0 unspecified atom stereocenters. The Labute approximate surface area is 70.8 Å². The molecule has 0 N–H and O–H groups in total. The van der Waals surface area contributed by atoms with Crippen molar-refractivity contribution in [3.8, 4) is 0 Å². The number of methoxy groups -OCH3 is 1. The fourth-order valence-electron chi connectivity index (χ4n) is 1.25. The van der Waals surface area contributed by atoms with Crippen LogP contribution in [0.3, 0.4) is 0 Å². The van der Waals surface area contributed by atoms with Crippen LogP contribution in [0.4, 0.5) is 0 Å². The molecule has 12 heavy (non-hydrogen) atoms. The van der Waals surface area contributed by atoms with E-state index in [2.05, 4.69) is 4.74 Å². The smallest absolute Gasteiger partial charge is 0.309 e. The molecule has 0 aliphatic carbocycles. The number of hydrogen-bond acceptors (Lipinski definition) is 4. The van der Waals surface area contributed by atoms with Crippen molar-refractivity contribution in [2.75, 3.05) is 7.11 Å². The number of rotatable bonds is 2. The van der Waals surface area contributed by atoms with Crippen molar-refractivity contribution in [1.82, 2.24) is 0 Å². The molecule has 0 aromatic rings. The van der Waals surface area contributed by atoms with Crippen molar-refractivity contribution in [1.29, 1.82) is 0 Å². The minimum atomic E-state index is -0.635. The zero-order chi connectivity index (χ0) is 9.19. The summed E-state index contributed by atoms with van der Waals surface area (Å²) in [5.74, 6) is -0.575. The average molecular weight is 172 g/mol. The lowest BCUT2D eigenvalue weighted by Gasteiger charge is -2.20. The fraction of sp³-hybridized carbons (Fsp3) is 0.750. The summed E-state index contributed by atoms with van der Waals surface area (Å²) in [7, 11) is 1.32. The summed E-state index contributed by atoms with van der Waals surface area (Å²) in [6.07, 6.45) is 1.14. The predicted octanol–water partition coefficient (Wildman–Crippen LogP) is 0.645. The van der Waals surface area contributed by atoms with E-state index in [0.29, 0.717) is 12.8 Å². The summed E-state index contributed by atoms with van der Waals surface area (Å²) in [4.78, 5) is 21.6. The molecule has 1 aliphatic rings. The van der Waals surface area contributed by atoms with Crippen LogP contribution in [-0.2, 0) is 19.1 Å². The predicted molar refractivity (Wildman–Crippen MR) is 40.4 cm³/mol. The highest BCUT2D eigenvalue weighted by Crippen LogP contribution is 2.29. The first kappa shape index (κ1) is 9.03. The number of hydrogen-bond donors (Lipinski definition) is 0. The van der Waals surface area contributed by atoms with Crippen molar-refractivity contribution >= 4 is 11.9 Å². The molecule has 4 heteroatoms. The van der Waals surface area contributed by atoms with Gasteiger partial charge < -0.3 is 9.47 Å². The van der Waals surface area contributed by atoms with Gasteiger partial charge in [0.15, 0.2) is 0 Å². The lowest BCUT2D eigenvalue weighted by molar-refractivity contribution is -0.154.